The Labute approximate surface area is 223 Å². The number of carbonyl (C=O) groups is 1. The van der Waals surface area contributed by atoms with E-state index in [2.05, 4.69) is 31.3 Å². The number of hydrogen-bond acceptors (Lipinski definition) is 5. The Morgan fingerprint density at radius 2 is 1.79 bits per heavy atom. The highest BCUT2D eigenvalue weighted by Crippen LogP contribution is 2.49. The Bertz CT molecular complexity index is 1460. The number of nitrogens with zero attached hydrogens (tertiary/aromatic N) is 3. The molecule has 2 atom stereocenters. The lowest BCUT2D eigenvalue weighted by atomic mass is 9.87. The molecule has 0 saturated carbocycles. The maximum Gasteiger partial charge on any atom is 0.389 e. The number of hydrogen-bond donors (Lipinski definition) is 3. The number of alkyl halides is 3. The third-order valence-electron chi connectivity index (χ3n) is 6.76. The van der Waals surface area contributed by atoms with Crippen molar-refractivity contribution in [3.63, 3.8) is 0 Å². The fourth-order valence-electron chi connectivity index (χ4n) is 4.90. The zero-order valence-corrected chi connectivity index (χ0v) is 21.3. The lowest BCUT2D eigenvalue weighted by molar-refractivity contribution is -0.137. The minimum atomic E-state index is -4.29. The van der Waals surface area contributed by atoms with Crippen LogP contribution in [0.2, 0.25) is 0 Å². The minimum absolute atomic E-state index is 0.125. The van der Waals surface area contributed by atoms with Gasteiger partial charge in [-0.05, 0) is 60.4 Å². The van der Waals surface area contributed by atoms with E-state index in [1.54, 1.807) is 18.2 Å². The van der Waals surface area contributed by atoms with Gasteiger partial charge in [0.1, 0.15) is 11.9 Å². The van der Waals surface area contributed by atoms with E-state index in [-0.39, 0.29) is 6.42 Å². The molecule has 202 valence electrons. The summed E-state index contributed by atoms with van der Waals surface area (Å²) in [6.45, 7) is 3.82. The zero-order chi connectivity index (χ0) is 27.6. The van der Waals surface area contributed by atoms with Gasteiger partial charge in [-0.25, -0.2) is 4.79 Å². The van der Waals surface area contributed by atoms with Crippen LogP contribution in [0.1, 0.15) is 43.2 Å². The largest absolute Gasteiger partial charge is 0.487 e. The molecule has 1 aliphatic rings. The summed E-state index contributed by atoms with van der Waals surface area (Å²) < 4.78 is 45.8. The van der Waals surface area contributed by atoms with E-state index in [1.165, 1.54) is 0 Å². The Kier molecular flexibility index (Phi) is 7.23. The molecule has 8 nitrogen and oxygen atoms in total. The van der Waals surface area contributed by atoms with Crippen LogP contribution in [0.15, 0.2) is 60.7 Å². The molecule has 39 heavy (non-hydrogen) atoms. The maximum atomic E-state index is 13.2. The van der Waals surface area contributed by atoms with E-state index in [4.69, 9.17) is 4.74 Å². The van der Waals surface area contributed by atoms with Crippen molar-refractivity contribution in [1.82, 2.24) is 20.6 Å². The molecule has 1 aromatic heterocycles. The molecule has 0 fully saturated rings. The standard InChI is InChI=1S/C28H27F3N6O2/c1-3-24-20(12-13-28(29,30)31)22-14-17(19-6-4-5-7-21(19)26-34-36-37-35-26)15-23(25(22)39-24)33-27(38)32-18-10-8-16(2)9-11-18/h4-11,14-15,20,24H,3,12-13H2,1-2H3,(H2,32,33,38)(H,34,35,36,37). The number of fused-ring (bicyclic) bond motifs is 1. The van der Waals surface area contributed by atoms with Gasteiger partial charge < -0.3 is 15.4 Å². The predicted molar refractivity (Wildman–Crippen MR) is 142 cm³/mol. The highest BCUT2D eigenvalue weighted by Gasteiger charge is 2.39. The molecule has 2 amide bonds. The molecule has 0 radical (unpaired) electrons. The second-order valence-electron chi connectivity index (χ2n) is 9.49. The smallest absolute Gasteiger partial charge is 0.389 e. The third-order valence-corrected chi connectivity index (χ3v) is 6.76. The number of aromatic amines is 1. The zero-order valence-electron chi connectivity index (χ0n) is 21.3. The van der Waals surface area contributed by atoms with Crippen LogP contribution in [0.4, 0.5) is 29.3 Å². The van der Waals surface area contributed by atoms with Gasteiger partial charge in [0.15, 0.2) is 0 Å². The number of tetrazole rings is 1. The number of aromatic nitrogens is 4. The highest BCUT2D eigenvalue weighted by atomic mass is 19.4. The van der Waals surface area contributed by atoms with Crippen LogP contribution < -0.4 is 15.4 Å². The molecule has 3 aromatic carbocycles. The summed E-state index contributed by atoms with van der Waals surface area (Å²) >= 11 is 0. The summed E-state index contributed by atoms with van der Waals surface area (Å²) in [6, 6.07) is 17.8. The molecule has 0 bridgehead atoms. The molecule has 3 N–H and O–H groups in total. The first kappa shape index (κ1) is 26.2. The minimum Gasteiger partial charge on any atom is -0.487 e. The average Bonchev–Trinajstić information content (AvgIpc) is 3.56. The van der Waals surface area contributed by atoms with Crippen LogP contribution in [0.25, 0.3) is 22.5 Å². The normalized spacial score (nSPS) is 16.4. The van der Waals surface area contributed by atoms with Gasteiger partial charge in [0.05, 0.1) is 5.69 Å². The summed E-state index contributed by atoms with van der Waals surface area (Å²) in [5.41, 5.74) is 4.73. The van der Waals surface area contributed by atoms with E-state index < -0.39 is 30.7 Å². The van der Waals surface area contributed by atoms with Crippen molar-refractivity contribution in [2.24, 2.45) is 0 Å². The fourth-order valence-corrected chi connectivity index (χ4v) is 4.90. The van der Waals surface area contributed by atoms with E-state index in [0.29, 0.717) is 46.1 Å². The summed E-state index contributed by atoms with van der Waals surface area (Å²) in [5, 5.41) is 19.9. The van der Waals surface area contributed by atoms with Crippen molar-refractivity contribution in [1.29, 1.82) is 0 Å². The molecule has 1 aliphatic heterocycles. The Balaban J connectivity index is 1.57. The van der Waals surface area contributed by atoms with Crippen LogP contribution >= 0.6 is 0 Å². The number of anilines is 2. The summed E-state index contributed by atoms with van der Waals surface area (Å²) in [5.74, 6) is 0.257. The summed E-state index contributed by atoms with van der Waals surface area (Å²) in [7, 11) is 0. The number of nitrogens with one attached hydrogen (secondary N) is 3. The van der Waals surface area contributed by atoms with Crippen molar-refractivity contribution in [2.45, 2.75) is 51.3 Å². The number of carbonyl (C=O) groups excluding carboxylic acids is 1. The molecule has 0 spiro atoms. The molecule has 2 heterocycles. The second kappa shape index (κ2) is 10.8. The van der Waals surface area contributed by atoms with E-state index in [9.17, 15) is 18.0 Å². The van der Waals surface area contributed by atoms with Gasteiger partial charge in [-0.15, -0.1) is 10.2 Å². The first-order chi connectivity index (χ1) is 18.7. The number of urea groups is 1. The van der Waals surface area contributed by atoms with Crippen LogP contribution in [0.5, 0.6) is 5.75 Å². The maximum absolute atomic E-state index is 13.2. The van der Waals surface area contributed by atoms with Gasteiger partial charge in [-0.2, -0.15) is 18.4 Å². The van der Waals surface area contributed by atoms with Gasteiger partial charge in [0, 0.05) is 29.2 Å². The lowest BCUT2D eigenvalue weighted by Gasteiger charge is -2.18. The number of halogens is 3. The van der Waals surface area contributed by atoms with E-state index in [1.807, 2.05) is 56.3 Å². The SMILES string of the molecule is CCC1Oc2c(NC(=O)Nc3ccc(C)cc3)cc(-c3ccccc3-c3nn[nH]n3)cc2C1CCC(F)(F)F. The van der Waals surface area contributed by atoms with E-state index >= 15 is 0 Å². The van der Waals surface area contributed by atoms with Gasteiger partial charge in [0.2, 0.25) is 5.82 Å². The summed E-state index contributed by atoms with van der Waals surface area (Å²) in [4.78, 5) is 13.0. The molecule has 4 aromatic rings. The predicted octanol–water partition coefficient (Wildman–Crippen LogP) is 7.08. The number of ether oxygens (including phenoxy) is 1. The molecular weight excluding hydrogens is 509 g/mol. The van der Waals surface area contributed by atoms with Crippen LogP contribution in [-0.2, 0) is 0 Å². The number of rotatable bonds is 7. The molecular formula is C28H27F3N6O2. The van der Waals surface area contributed by atoms with Crippen LogP contribution in [0, 0.1) is 6.92 Å². The van der Waals surface area contributed by atoms with Gasteiger partial charge >= 0.3 is 12.2 Å². The van der Waals surface area contributed by atoms with Crippen molar-refractivity contribution >= 4 is 17.4 Å². The number of aryl methyl sites for hydroxylation is 1. The van der Waals surface area contributed by atoms with Gasteiger partial charge in [-0.3, -0.25) is 0 Å². The van der Waals surface area contributed by atoms with Crippen molar-refractivity contribution in [3.8, 4) is 28.3 Å². The third kappa shape index (κ3) is 5.87. The number of H-pyrrole nitrogens is 1. The fraction of sp³-hybridized carbons (Fsp3) is 0.286. The van der Waals surface area contributed by atoms with Crippen LogP contribution in [0.3, 0.4) is 0 Å². The first-order valence-electron chi connectivity index (χ1n) is 12.6. The second-order valence-corrected chi connectivity index (χ2v) is 9.49. The first-order valence-corrected chi connectivity index (χ1v) is 12.6. The van der Waals surface area contributed by atoms with Crippen molar-refractivity contribution in [2.75, 3.05) is 10.6 Å². The number of benzene rings is 3. The molecule has 0 aliphatic carbocycles. The highest BCUT2D eigenvalue weighted by molar-refractivity contribution is 6.01. The average molecular weight is 537 g/mol. The molecule has 2 unspecified atom stereocenters. The van der Waals surface area contributed by atoms with Crippen molar-refractivity contribution in [3.05, 3.63) is 71.8 Å². The summed E-state index contributed by atoms with van der Waals surface area (Å²) in [6.07, 6.45) is -5.29. The van der Waals surface area contributed by atoms with Crippen LogP contribution in [-0.4, -0.2) is 38.9 Å². The molecule has 5 rings (SSSR count). The Morgan fingerprint density at radius 1 is 1.05 bits per heavy atom. The molecule has 0 saturated heterocycles. The lowest BCUT2D eigenvalue weighted by Crippen LogP contribution is -2.21. The topological polar surface area (TPSA) is 105 Å². The van der Waals surface area contributed by atoms with E-state index in [0.717, 1.165) is 11.1 Å². The number of amides is 2. The molecule has 11 heteroatoms. The van der Waals surface area contributed by atoms with Gasteiger partial charge in [0.25, 0.3) is 0 Å². The quantitative estimate of drug-likeness (QED) is 0.234. The Hall–Kier alpha value is -4.41. The Morgan fingerprint density at radius 3 is 2.46 bits per heavy atom. The van der Waals surface area contributed by atoms with Gasteiger partial charge in [-0.1, -0.05) is 48.9 Å². The monoisotopic (exact) mass is 536 g/mol. The van der Waals surface area contributed by atoms with Crippen molar-refractivity contribution < 1.29 is 22.7 Å².